The molecule has 1 saturated heterocycles. The van der Waals surface area contributed by atoms with Crippen LogP contribution in [0, 0.1) is 16.0 Å². The molecule has 158 valence electrons. The summed E-state index contributed by atoms with van der Waals surface area (Å²) in [5.41, 5.74) is 6.32. The Morgan fingerprint density at radius 3 is 2.66 bits per heavy atom. The van der Waals surface area contributed by atoms with Gasteiger partial charge in [0, 0.05) is 35.8 Å². The Bertz CT molecular complexity index is 829. The fraction of sp³-hybridized carbons (Fsp3) is 0.444. The van der Waals surface area contributed by atoms with Crippen molar-refractivity contribution in [2.24, 2.45) is 11.7 Å². The summed E-state index contributed by atoms with van der Waals surface area (Å²) in [6, 6.07) is 5.46. The second-order valence-corrected chi connectivity index (χ2v) is 7.84. The number of fused-ring (bicyclic) bond motifs is 1. The first-order valence-electron chi connectivity index (χ1n) is 8.82. The van der Waals surface area contributed by atoms with Gasteiger partial charge in [0.2, 0.25) is 5.91 Å². The van der Waals surface area contributed by atoms with Gasteiger partial charge in [0.15, 0.2) is 0 Å². The molecular formula is C18H22ClN3O6S. The highest BCUT2D eigenvalue weighted by Crippen LogP contribution is 2.47. The summed E-state index contributed by atoms with van der Waals surface area (Å²) >= 11 is 1.41. The van der Waals surface area contributed by atoms with Gasteiger partial charge in [-0.05, 0) is 24.6 Å². The Morgan fingerprint density at radius 1 is 1.45 bits per heavy atom. The minimum Gasteiger partial charge on any atom is -0.456 e. The summed E-state index contributed by atoms with van der Waals surface area (Å²) in [5.74, 6) is -0.834. The topological polar surface area (TPSA) is 136 Å². The molecule has 3 N–H and O–H groups in total. The van der Waals surface area contributed by atoms with Crippen LogP contribution in [0.25, 0.3) is 0 Å². The minimum absolute atomic E-state index is 0. The van der Waals surface area contributed by atoms with E-state index in [-0.39, 0.29) is 42.3 Å². The highest BCUT2D eigenvalue weighted by molar-refractivity contribution is 8.03. The summed E-state index contributed by atoms with van der Waals surface area (Å²) in [5, 5.41) is 20.5. The number of carbonyl (C=O) groups is 2. The fourth-order valence-corrected chi connectivity index (χ4v) is 4.43. The average Bonchev–Trinajstić information content (AvgIpc) is 2.98. The van der Waals surface area contributed by atoms with Gasteiger partial charge in [-0.1, -0.05) is 0 Å². The van der Waals surface area contributed by atoms with Crippen LogP contribution in [0.4, 0.5) is 5.69 Å². The number of hydrogen-bond donors (Lipinski definition) is 2. The summed E-state index contributed by atoms with van der Waals surface area (Å²) in [7, 11) is 0. The first kappa shape index (κ1) is 23.1. The number of carbonyl (C=O) groups excluding carboxylic acids is 2. The number of rotatable bonds is 8. The number of ether oxygens (including phenoxy) is 1. The van der Waals surface area contributed by atoms with E-state index in [1.807, 2.05) is 0 Å². The molecule has 9 nitrogen and oxygen atoms in total. The normalized spacial score (nSPS) is 21.2. The second kappa shape index (κ2) is 9.57. The van der Waals surface area contributed by atoms with Crippen LogP contribution in [0.3, 0.4) is 0 Å². The lowest BCUT2D eigenvalue weighted by molar-refractivity contribution is -0.384. The van der Waals surface area contributed by atoms with E-state index in [1.165, 1.54) is 40.9 Å². The summed E-state index contributed by atoms with van der Waals surface area (Å²) in [4.78, 5) is 37.5. The molecule has 11 heteroatoms. The zero-order chi connectivity index (χ0) is 20.4. The molecule has 0 aromatic heterocycles. The van der Waals surface area contributed by atoms with Crippen LogP contribution in [0.15, 0.2) is 34.9 Å². The van der Waals surface area contributed by atoms with Crippen molar-refractivity contribution in [3.05, 3.63) is 50.5 Å². The third kappa shape index (κ3) is 4.55. The molecule has 1 aromatic carbocycles. The van der Waals surface area contributed by atoms with Crippen molar-refractivity contribution in [1.82, 2.24) is 4.90 Å². The summed E-state index contributed by atoms with van der Waals surface area (Å²) < 4.78 is 5.35. The standard InChI is InChI=1S/C18H21N3O6S.ClH/c1-10(22)15-13-8-14(28-7-6-19)16(20(13)17(15)23)18(24)27-9-11-2-4-12(5-3-11)21(25)26;/h2-5,10,13,15,22H,6-9,19H2,1H3;1H/t10-,13+,15-;/m1./s1. The molecule has 0 bridgehead atoms. The van der Waals surface area contributed by atoms with Gasteiger partial charge in [-0.3, -0.25) is 14.9 Å². The molecule has 3 atom stereocenters. The van der Waals surface area contributed by atoms with Gasteiger partial charge < -0.3 is 20.5 Å². The Morgan fingerprint density at radius 2 is 2.10 bits per heavy atom. The number of nitrogens with two attached hydrogens (primary N) is 1. The number of nitro benzene ring substituents is 1. The lowest BCUT2D eigenvalue weighted by Crippen LogP contribution is -2.61. The molecule has 0 spiro atoms. The lowest BCUT2D eigenvalue weighted by atomic mass is 9.83. The molecule has 2 aliphatic heterocycles. The molecule has 1 fully saturated rings. The van der Waals surface area contributed by atoms with Crippen molar-refractivity contribution in [1.29, 1.82) is 0 Å². The monoisotopic (exact) mass is 443 g/mol. The van der Waals surface area contributed by atoms with Crippen LogP contribution in [-0.4, -0.2) is 51.2 Å². The SMILES string of the molecule is C[C@@H](O)[C@H]1C(=O)N2C(C(=O)OCc3ccc([N+](=O)[O-])cc3)=C(SCCN)C[C@@H]12.Cl. The second-order valence-electron chi connectivity index (χ2n) is 6.65. The van der Waals surface area contributed by atoms with Crippen LogP contribution in [-0.2, 0) is 20.9 Å². The molecule has 2 aliphatic rings. The molecule has 1 aromatic rings. The van der Waals surface area contributed by atoms with Gasteiger partial charge >= 0.3 is 5.97 Å². The number of aliphatic hydroxyl groups excluding tert-OH is 1. The molecule has 0 aliphatic carbocycles. The van der Waals surface area contributed by atoms with Gasteiger partial charge in [-0.15, -0.1) is 24.2 Å². The van der Waals surface area contributed by atoms with Crippen molar-refractivity contribution in [2.75, 3.05) is 12.3 Å². The van der Waals surface area contributed by atoms with Gasteiger partial charge in [0.05, 0.1) is 23.0 Å². The van der Waals surface area contributed by atoms with Crippen LogP contribution in [0.5, 0.6) is 0 Å². The van der Waals surface area contributed by atoms with Crippen LogP contribution < -0.4 is 5.73 Å². The van der Waals surface area contributed by atoms with Crippen LogP contribution in [0.1, 0.15) is 18.9 Å². The third-order valence-electron chi connectivity index (χ3n) is 4.79. The predicted octanol–water partition coefficient (Wildman–Crippen LogP) is 1.57. The van der Waals surface area contributed by atoms with Gasteiger partial charge in [0.1, 0.15) is 12.3 Å². The fourth-order valence-electron chi connectivity index (χ4n) is 3.46. The number of esters is 1. The maximum absolute atomic E-state index is 12.7. The van der Waals surface area contributed by atoms with Crippen LogP contribution >= 0.6 is 24.2 Å². The Hall–Kier alpha value is -2.14. The first-order valence-corrected chi connectivity index (χ1v) is 9.81. The molecule has 0 radical (unpaired) electrons. The minimum atomic E-state index is -0.787. The van der Waals surface area contributed by atoms with Crippen molar-refractivity contribution in [2.45, 2.75) is 32.1 Å². The number of thioether (sulfide) groups is 1. The van der Waals surface area contributed by atoms with Gasteiger partial charge in [-0.2, -0.15) is 0 Å². The number of halogens is 1. The lowest BCUT2D eigenvalue weighted by Gasteiger charge is -2.44. The predicted molar refractivity (Wildman–Crippen MR) is 109 cm³/mol. The number of non-ortho nitro benzene ring substituents is 1. The van der Waals surface area contributed by atoms with E-state index in [0.29, 0.717) is 24.3 Å². The van der Waals surface area contributed by atoms with E-state index in [0.717, 1.165) is 4.91 Å². The van der Waals surface area contributed by atoms with E-state index in [9.17, 15) is 24.8 Å². The number of β-lactam (4-membered cyclic amide) rings is 1. The molecule has 0 unspecified atom stereocenters. The Balaban J connectivity index is 0.00000300. The molecule has 3 rings (SSSR count). The Kier molecular flexibility index (Phi) is 7.64. The van der Waals surface area contributed by atoms with E-state index >= 15 is 0 Å². The first-order chi connectivity index (χ1) is 13.3. The highest BCUT2D eigenvalue weighted by atomic mass is 35.5. The van der Waals surface area contributed by atoms with Crippen molar-refractivity contribution in [3.8, 4) is 0 Å². The third-order valence-corrected chi connectivity index (χ3v) is 5.94. The largest absolute Gasteiger partial charge is 0.456 e. The maximum Gasteiger partial charge on any atom is 0.356 e. The zero-order valence-electron chi connectivity index (χ0n) is 15.6. The van der Waals surface area contributed by atoms with Crippen LogP contribution in [0.2, 0.25) is 0 Å². The van der Waals surface area contributed by atoms with Gasteiger partial charge in [0.25, 0.3) is 5.69 Å². The number of hydrogen-bond acceptors (Lipinski definition) is 8. The smallest absolute Gasteiger partial charge is 0.356 e. The van der Waals surface area contributed by atoms with E-state index in [1.54, 1.807) is 6.92 Å². The summed E-state index contributed by atoms with van der Waals surface area (Å²) in [6.07, 6.45) is -0.293. The molecule has 2 heterocycles. The highest BCUT2D eigenvalue weighted by Gasteiger charge is 2.56. The molecule has 29 heavy (non-hydrogen) atoms. The maximum atomic E-state index is 12.7. The van der Waals surface area contributed by atoms with E-state index < -0.39 is 22.9 Å². The number of amides is 1. The van der Waals surface area contributed by atoms with Gasteiger partial charge in [-0.25, -0.2) is 4.79 Å². The van der Waals surface area contributed by atoms with Crippen molar-refractivity contribution < 1.29 is 24.4 Å². The summed E-state index contributed by atoms with van der Waals surface area (Å²) in [6.45, 7) is 1.93. The van der Waals surface area contributed by atoms with Crippen molar-refractivity contribution in [3.63, 3.8) is 0 Å². The molecule has 0 saturated carbocycles. The number of benzene rings is 1. The van der Waals surface area contributed by atoms with Crippen molar-refractivity contribution >= 4 is 41.7 Å². The quantitative estimate of drug-likeness (QED) is 0.267. The van der Waals surface area contributed by atoms with E-state index in [4.69, 9.17) is 10.5 Å². The zero-order valence-corrected chi connectivity index (χ0v) is 17.3. The number of nitrogens with zero attached hydrogens (tertiary/aromatic N) is 2. The molecular weight excluding hydrogens is 422 g/mol. The van der Waals surface area contributed by atoms with E-state index in [2.05, 4.69) is 0 Å². The average molecular weight is 444 g/mol. The molecule has 1 amide bonds. The number of aliphatic hydroxyl groups is 1. The Labute approximate surface area is 177 Å². The number of nitro groups is 1.